The summed E-state index contributed by atoms with van der Waals surface area (Å²) in [6, 6.07) is 6.22. The van der Waals surface area contributed by atoms with E-state index in [-0.39, 0.29) is 6.09 Å². The predicted molar refractivity (Wildman–Crippen MR) is 86.3 cm³/mol. The summed E-state index contributed by atoms with van der Waals surface area (Å²) in [7, 11) is 0. The number of nitrogens with zero attached hydrogens (tertiary/aromatic N) is 1. The first-order valence-electron chi connectivity index (χ1n) is 7.10. The van der Waals surface area contributed by atoms with Crippen LogP contribution in [0.3, 0.4) is 0 Å². The smallest absolute Gasteiger partial charge is 0.410 e. The number of benzene rings is 1. The molecule has 5 heteroatoms. The van der Waals surface area contributed by atoms with Gasteiger partial charge in [0.15, 0.2) is 0 Å². The zero-order chi connectivity index (χ0) is 15.2. The van der Waals surface area contributed by atoms with E-state index in [0.717, 1.165) is 22.1 Å². The van der Waals surface area contributed by atoms with E-state index in [1.54, 1.807) is 4.90 Å². The van der Waals surface area contributed by atoms with E-state index in [9.17, 15) is 4.79 Å². The third-order valence-electron chi connectivity index (χ3n) is 3.59. The van der Waals surface area contributed by atoms with Crippen molar-refractivity contribution in [1.82, 2.24) is 9.88 Å². The van der Waals surface area contributed by atoms with Crippen molar-refractivity contribution in [3.63, 3.8) is 0 Å². The van der Waals surface area contributed by atoms with Gasteiger partial charge in [-0.2, -0.15) is 0 Å². The summed E-state index contributed by atoms with van der Waals surface area (Å²) in [4.78, 5) is 17.4. The predicted octanol–water partition coefficient (Wildman–Crippen LogP) is 4.22. The van der Waals surface area contributed by atoms with E-state index in [4.69, 9.17) is 4.74 Å². The highest BCUT2D eigenvalue weighted by molar-refractivity contribution is 9.10. The van der Waals surface area contributed by atoms with Gasteiger partial charge in [0.25, 0.3) is 0 Å². The summed E-state index contributed by atoms with van der Waals surface area (Å²) in [5.74, 6) is 0. The SMILES string of the molecule is CC(C)(C)OC(=O)N1CCc2c([nH]c3ccc(Br)cc23)C1. The molecule has 21 heavy (non-hydrogen) atoms. The van der Waals surface area contributed by atoms with Crippen molar-refractivity contribution in [1.29, 1.82) is 0 Å². The third-order valence-corrected chi connectivity index (χ3v) is 4.08. The maximum absolute atomic E-state index is 12.2. The Hall–Kier alpha value is -1.49. The Morgan fingerprint density at radius 1 is 1.38 bits per heavy atom. The number of H-pyrrole nitrogens is 1. The maximum Gasteiger partial charge on any atom is 0.410 e. The Labute approximate surface area is 132 Å². The van der Waals surface area contributed by atoms with Gasteiger partial charge in [-0.1, -0.05) is 15.9 Å². The number of rotatable bonds is 0. The average Bonchev–Trinajstić information content (AvgIpc) is 2.73. The van der Waals surface area contributed by atoms with Crippen molar-refractivity contribution in [3.8, 4) is 0 Å². The molecule has 0 aliphatic carbocycles. The average molecular weight is 351 g/mol. The van der Waals surface area contributed by atoms with Crippen LogP contribution in [0.25, 0.3) is 10.9 Å². The molecule has 1 aromatic heterocycles. The van der Waals surface area contributed by atoms with Crippen LogP contribution in [0.2, 0.25) is 0 Å². The second-order valence-electron chi connectivity index (χ2n) is 6.42. The molecule has 0 bridgehead atoms. The van der Waals surface area contributed by atoms with Gasteiger partial charge in [0.1, 0.15) is 5.60 Å². The van der Waals surface area contributed by atoms with Crippen LogP contribution in [0.15, 0.2) is 22.7 Å². The summed E-state index contributed by atoms with van der Waals surface area (Å²) >= 11 is 3.51. The number of halogens is 1. The number of fused-ring (bicyclic) bond motifs is 3. The molecule has 0 radical (unpaired) electrons. The molecular formula is C16H19BrN2O2. The molecule has 1 amide bonds. The van der Waals surface area contributed by atoms with Crippen molar-refractivity contribution in [2.24, 2.45) is 0 Å². The molecule has 1 aliphatic rings. The number of carbonyl (C=O) groups excluding carboxylic acids is 1. The quantitative estimate of drug-likeness (QED) is 0.772. The van der Waals surface area contributed by atoms with Gasteiger partial charge in [-0.15, -0.1) is 0 Å². The molecule has 2 aromatic rings. The van der Waals surface area contributed by atoms with E-state index in [1.165, 1.54) is 10.9 Å². The minimum absolute atomic E-state index is 0.243. The van der Waals surface area contributed by atoms with Gasteiger partial charge in [0, 0.05) is 27.6 Å². The van der Waals surface area contributed by atoms with Gasteiger partial charge in [-0.3, -0.25) is 0 Å². The molecule has 112 valence electrons. The first kappa shape index (κ1) is 14.4. The summed E-state index contributed by atoms with van der Waals surface area (Å²) < 4.78 is 6.53. The fourth-order valence-corrected chi connectivity index (χ4v) is 3.06. The lowest BCUT2D eigenvalue weighted by Gasteiger charge is -2.30. The molecule has 0 spiro atoms. The maximum atomic E-state index is 12.2. The molecule has 3 rings (SSSR count). The highest BCUT2D eigenvalue weighted by atomic mass is 79.9. The molecule has 0 unspecified atom stereocenters. The number of ether oxygens (including phenoxy) is 1. The Morgan fingerprint density at radius 3 is 2.86 bits per heavy atom. The second-order valence-corrected chi connectivity index (χ2v) is 7.34. The van der Waals surface area contributed by atoms with Gasteiger partial charge in [-0.25, -0.2) is 4.79 Å². The molecule has 1 aliphatic heterocycles. The largest absolute Gasteiger partial charge is 0.444 e. The Morgan fingerprint density at radius 2 is 2.14 bits per heavy atom. The van der Waals surface area contributed by atoms with Crippen molar-refractivity contribution in [2.45, 2.75) is 39.3 Å². The third kappa shape index (κ3) is 2.93. The van der Waals surface area contributed by atoms with Crippen LogP contribution in [0.5, 0.6) is 0 Å². The number of hydrogen-bond acceptors (Lipinski definition) is 2. The van der Waals surface area contributed by atoms with Gasteiger partial charge in [0.2, 0.25) is 0 Å². The summed E-state index contributed by atoms with van der Waals surface area (Å²) in [5, 5.41) is 1.24. The molecule has 0 saturated heterocycles. The fraction of sp³-hybridized carbons (Fsp3) is 0.438. The molecule has 1 N–H and O–H groups in total. The van der Waals surface area contributed by atoms with E-state index >= 15 is 0 Å². The lowest BCUT2D eigenvalue weighted by atomic mass is 10.0. The molecule has 4 nitrogen and oxygen atoms in total. The van der Waals surface area contributed by atoms with Gasteiger partial charge in [-0.05, 0) is 51.0 Å². The van der Waals surface area contributed by atoms with Crippen LogP contribution >= 0.6 is 15.9 Å². The van der Waals surface area contributed by atoms with Crippen LogP contribution in [0.4, 0.5) is 4.79 Å². The van der Waals surface area contributed by atoms with Crippen molar-refractivity contribution >= 4 is 32.9 Å². The van der Waals surface area contributed by atoms with E-state index in [0.29, 0.717) is 13.1 Å². The number of hydrogen-bond donors (Lipinski definition) is 1. The normalized spacial score (nSPS) is 15.1. The van der Waals surface area contributed by atoms with Crippen molar-refractivity contribution < 1.29 is 9.53 Å². The Balaban J connectivity index is 1.86. The second kappa shape index (κ2) is 5.05. The van der Waals surface area contributed by atoms with Crippen LogP contribution in [0.1, 0.15) is 32.0 Å². The highest BCUT2D eigenvalue weighted by Gasteiger charge is 2.27. The number of aromatic nitrogens is 1. The highest BCUT2D eigenvalue weighted by Crippen LogP contribution is 2.30. The fourth-order valence-electron chi connectivity index (χ4n) is 2.70. The summed E-state index contributed by atoms with van der Waals surface area (Å²) in [6.07, 6.45) is 0.610. The summed E-state index contributed by atoms with van der Waals surface area (Å²) in [5.41, 5.74) is 3.09. The van der Waals surface area contributed by atoms with Crippen molar-refractivity contribution in [2.75, 3.05) is 6.54 Å². The van der Waals surface area contributed by atoms with Gasteiger partial charge < -0.3 is 14.6 Å². The minimum atomic E-state index is -0.456. The number of amides is 1. The van der Waals surface area contributed by atoms with Gasteiger partial charge in [0.05, 0.1) is 6.54 Å². The molecule has 1 aromatic carbocycles. The lowest BCUT2D eigenvalue weighted by molar-refractivity contribution is 0.0222. The van der Waals surface area contributed by atoms with Crippen LogP contribution in [0, 0.1) is 0 Å². The zero-order valence-electron chi connectivity index (χ0n) is 12.5. The van der Waals surface area contributed by atoms with Crippen molar-refractivity contribution in [3.05, 3.63) is 33.9 Å². The first-order valence-corrected chi connectivity index (χ1v) is 7.90. The standard InChI is InChI=1S/C16H19BrN2O2/c1-16(2,3)21-15(20)19-7-6-11-12-8-10(17)4-5-13(12)18-14(11)9-19/h4-5,8,18H,6-7,9H2,1-3H3. The van der Waals surface area contributed by atoms with Crippen LogP contribution in [-0.2, 0) is 17.7 Å². The molecule has 0 fully saturated rings. The van der Waals surface area contributed by atoms with E-state index < -0.39 is 5.60 Å². The van der Waals surface area contributed by atoms with E-state index in [2.05, 4.69) is 33.0 Å². The van der Waals surface area contributed by atoms with Crippen LogP contribution < -0.4 is 0 Å². The molecule has 0 atom stereocenters. The summed E-state index contributed by atoms with van der Waals surface area (Å²) in [6.45, 7) is 6.94. The van der Waals surface area contributed by atoms with Crippen LogP contribution in [-0.4, -0.2) is 28.1 Å². The minimum Gasteiger partial charge on any atom is -0.444 e. The molecular weight excluding hydrogens is 332 g/mol. The topological polar surface area (TPSA) is 45.3 Å². The number of aromatic amines is 1. The number of nitrogens with one attached hydrogen (secondary N) is 1. The Bertz CT molecular complexity index is 700. The Kier molecular flexibility index (Phi) is 3.48. The molecule has 0 saturated carbocycles. The first-order chi connectivity index (χ1) is 9.83. The number of carbonyl (C=O) groups is 1. The van der Waals surface area contributed by atoms with E-state index in [1.807, 2.05) is 26.8 Å². The zero-order valence-corrected chi connectivity index (χ0v) is 14.1. The monoisotopic (exact) mass is 350 g/mol. The molecule has 2 heterocycles. The lowest BCUT2D eigenvalue weighted by Crippen LogP contribution is -2.39. The van der Waals surface area contributed by atoms with Gasteiger partial charge >= 0.3 is 6.09 Å².